The summed E-state index contributed by atoms with van der Waals surface area (Å²) in [7, 11) is 0. The van der Waals surface area contributed by atoms with Crippen LogP contribution >= 0.6 is 0 Å². The molecule has 0 unspecified atom stereocenters. The number of esters is 1. The van der Waals surface area contributed by atoms with Crippen LogP contribution in [0.25, 0.3) is 0 Å². The number of nitrogens with zero attached hydrogens (tertiary/aromatic N) is 2. The van der Waals surface area contributed by atoms with Crippen LogP contribution in [0.3, 0.4) is 0 Å². The van der Waals surface area contributed by atoms with Gasteiger partial charge in [0.1, 0.15) is 5.60 Å². The molecule has 5 atom stereocenters. The Morgan fingerprint density at radius 1 is 1.34 bits per heavy atom. The molecule has 4 rings (SSSR count). The second-order valence-electron chi connectivity index (χ2n) is 8.47. The summed E-state index contributed by atoms with van der Waals surface area (Å²) in [5, 5.41) is 19.6. The van der Waals surface area contributed by atoms with Crippen LogP contribution in [0.5, 0.6) is 0 Å². The van der Waals surface area contributed by atoms with Crippen LogP contribution < -0.4 is 4.90 Å². The Hall–Kier alpha value is -2.97. The second-order valence-corrected chi connectivity index (χ2v) is 8.47. The molecule has 2 bridgehead atoms. The summed E-state index contributed by atoms with van der Waals surface area (Å²) in [6, 6.07) is 4.07. The number of carbonyl (C=O) groups is 3. The lowest BCUT2D eigenvalue weighted by Gasteiger charge is -2.33. The smallest absolute Gasteiger partial charge is 0.417 e. The van der Waals surface area contributed by atoms with Crippen molar-refractivity contribution < 1.29 is 42.1 Å². The van der Waals surface area contributed by atoms with Gasteiger partial charge in [0.25, 0.3) is 0 Å². The Bertz CT molecular complexity index is 1070. The molecule has 1 N–H and O–H groups in total. The van der Waals surface area contributed by atoms with E-state index in [1.54, 1.807) is 0 Å². The summed E-state index contributed by atoms with van der Waals surface area (Å²) in [6.07, 6.45) is -5.91. The Kier molecular flexibility index (Phi) is 4.87. The van der Waals surface area contributed by atoms with Crippen molar-refractivity contribution in [2.24, 2.45) is 11.8 Å². The third kappa shape index (κ3) is 3.01. The Morgan fingerprint density at radius 2 is 2.00 bits per heavy atom. The van der Waals surface area contributed by atoms with Crippen molar-refractivity contribution >= 4 is 23.5 Å². The van der Waals surface area contributed by atoms with E-state index >= 15 is 0 Å². The number of hydrogen-bond acceptors (Lipinski definition) is 7. The maximum Gasteiger partial charge on any atom is 0.417 e. The number of alkyl halides is 3. The Morgan fingerprint density at radius 3 is 2.59 bits per heavy atom. The Labute approximate surface area is 180 Å². The molecule has 3 heterocycles. The lowest BCUT2D eigenvalue weighted by molar-refractivity contribution is -0.144. The standard InChI is InChI=1S/C21H19F3N2O6/c1-10(27)31-6-5-20-8-14(28)19(2,32-20)15-16(20)18(30)26(17(15)29)12-4-3-11(9-25)13(7-12)21(22,23)24/h3-4,7,14-16,28H,5-6,8H2,1-2H3/t14-,15-,16+,19-,20+/m0/s1. The van der Waals surface area contributed by atoms with Gasteiger partial charge in [-0.05, 0) is 25.1 Å². The molecule has 0 aliphatic carbocycles. The van der Waals surface area contributed by atoms with Gasteiger partial charge in [0, 0.05) is 19.8 Å². The SMILES string of the molecule is CC(=O)OCC[C@]12C[C@H](O)[C@](C)(O1)[C@@H]1C(=O)N(c3ccc(C#N)c(C(F)(F)F)c3)C(=O)[C@@H]12. The molecular formula is C21H19F3N2O6. The first-order valence-corrected chi connectivity index (χ1v) is 9.86. The summed E-state index contributed by atoms with van der Waals surface area (Å²) >= 11 is 0. The van der Waals surface area contributed by atoms with Gasteiger partial charge in [-0.1, -0.05) is 0 Å². The molecule has 3 saturated heterocycles. The molecule has 2 amide bonds. The fraction of sp³-hybridized carbons (Fsp3) is 0.524. The number of aliphatic hydroxyl groups is 1. The van der Waals surface area contributed by atoms with Crippen molar-refractivity contribution in [1.82, 2.24) is 0 Å². The van der Waals surface area contributed by atoms with Gasteiger partial charge in [-0.25, -0.2) is 4.90 Å². The molecule has 0 radical (unpaired) electrons. The van der Waals surface area contributed by atoms with Crippen LogP contribution in [0.15, 0.2) is 18.2 Å². The van der Waals surface area contributed by atoms with Gasteiger partial charge in [-0.3, -0.25) is 14.4 Å². The third-order valence-electron chi connectivity index (χ3n) is 6.63. The molecule has 0 saturated carbocycles. The highest BCUT2D eigenvalue weighted by molar-refractivity contribution is 6.23. The van der Waals surface area contributed by atoms with Gasteiger partial charge in [0.2, 0.25) is 11.8 Å². The van der Waals surface area contributed by atoms with Gasteiger partial charge in [0.15, 0.2) is 0 Å². The van der Waals surface area contributed by atoms with E-state index in [1.165, 1.54) is 19.9 Å². The van der Waals surface area contributed by atoms with Crippen LogP contribution in [0, 0.1) is 23.2 Å². The molecule has 1 aromatic rings. The monoisotopic (exact) mass is 452 g/mol. The number of imide groups is 1. The first-order chi connectivity index (χ1) is 14.9. The number of aliphatic hydroxyl groups excluding tert-OH is 1. The predicted molar refractivity (Wildman–Crippen MR) is 99.7 cm³/mol. The first-order valence-electron chi connectivity index (χ1n) is 9.86. The molecule has 0 aromatic heterocycles. The largest absolute Gasteiger partial charge is 0.466 e. The van der Waals surface area contributed by atoms with E-state index in [-0.39, 0.29) is 25.1 Å². The van der Waals surface area contributed by atoms with Crippen molar-refractivity contribution in [3.63, 3.8) is 0 Å². The van der Waals surface area contributed by atoms with E-state index in [1.807, 2.05) is 0 Å². The average Bonchev–Trinajstić information content (AvgIpc) is 3.22. The molecular weight excluding hydrogens is 433 g/mol. The quantitative estimate of drug-likeness (QED) is 0.548. The minimum atomic E-state index is -4.86. The zero-order valence-corrected chi connectivity index (χ0v) is 17.1. The van der Waals surface area contributed by atoms with Crippen LogP contribution in [0.2, 0.25) is 0 Å². The molecule has 32 heavy (non-hydrogen) atoms. The van der Waals surface area contributed by atoms with Gasteiger partial charge in [-0.2, -0.15) is 18.4 Å². The van der Waals surface area contributed by atoms with Gasteiger partial charge in [0.05, 0.1) is 53.0 Å². The van der Waals surface area contributed by atoms with Crippen molar-refractivity contribution in [2.45, 2.75) is 50.2 Å². The molecule has 3 aliphatic rings. The first kappa shape index (κ1) is 22.2. The zero-order chi connectivity index (χ0) is 23.6. The number of hydrogen-bond donors (Lipinski definition) is 1. The highest BCUT2D eigenvalue weighted by Gasteiger charge is 2.77. The number of ether oxygens (including phenoxy) is 2. The highest BCUT2D eigenvalue weighted by Crippen LogP contribution is 2.62. The molecule has 3 aliphatic heterocycles. The molecule has 8 nitrogen and oxygen atoms in total. The van der Waals surface area contributed by atoms with Crippen molar-refractivity contribution in [3.05, 3.63) is 29.3 Å². The van der Waals surface area contributed by atoms with Crippen molar-refractivity contribution in [1.29, 1.82) is 5.26 Å². The summed E-state index contributed by atoms with van der Waals surface area (Å²) in [4.78, 5) is 38.4. The van der Waals surface area contributed by atoms with Crippen LogP contribution in [0.1, 0.15) is 37.8 Å². The highest BCUT2D eigenvalue weighted by atomic mass is 19.4. The van der Waals surface area contributed by atoms with E-state index in [4.69, 9.17) is 14.7 Å². The average molecular weight is 452 g/mol. The number of halogens is 3. The topological polar surface area (TPSA) is 117 Å². The molecule has 170 valence electrons. The number of fused-ring (bicyclic) bond motifs is 5. The summed E-state index contributed by atoms with van der Waals surface area (Å²) < 4.78 is 51.2. The fourth-order valence-electron chi connectivity index (χ4n) is 5.25. The van der Waals surface area contributed by atoms with E-state index in [0.29, 0.717) is 11.0 Å². The number of anilines is 1. The summed E-state index contributed by atoms with van der Waals surface area (Å²) in [5.74, 6) is -4.25. The van der Waals surface area contributed by atoms with Crippen molar-refractivity contribution in [3.8, 4) is 6.07 Å². The van der Waals surface area contributed by atoms with Gasteiger partial charge in [-0.15, -0.1) is 0 Å². The van der Waals surface area contributed by atoms with E-state index < -0.39 is 64.2 Å². The molecule has 11 heteroatoms. The van der Waals surface area contributed by atoms with Crippen LogP contribution in [-0.4, -0.2) is 46.8 Å². The maximum absolute atomic E-state index is 13.4. The van der Waals surface area contributed by atoms with Gasteiger partial charge >= 0.3 is 12.1 Å². The lowest BCUT2D eigenvalue weighted by atomic mass is 9.66. The van der Waals surface area contributed by atoms with Crippen molar-refractivity contribution in [2.75, 3.05) is 11.5 Å². The lowest BCUT2D eigenvalue weighted by Crippen LogP contribution is -2.49. The fourth-order valence-corrected chi connectivity index (χ4v) is 5.25. The number of amides is 2. The van der Waals surface area contributed by atoms with E-state index in [9.17, 15) is 32.7 Å². The Balaban J connectivity index is 1.74. The third-order valence-corrected chi connectivity index (χ3v) is 6.63. The number of carbonyl (C=O) groups excluding carboxylic acids is 3. The van der Waals surface area contributed by atoms with Crippen LogP contribution in [0.4, 0.5) is 18.9 Å². The van der Waals surface area contributed by atoms with Gasteiger partial charge < -0.3 is 14.6 Å². The predicted octanol–water partition coefficient (Wildman–Crippen LogP) is 1.93. The minimum Gasteiger partial charge on any atom is -0.466 e. The number of nitriles is 1. The van der Waals surface area contributed by atoms with Crippen LogP contribution in [-0.2, 0) is 30.0 Å². The minimum absolute atomic E-state index is 0.0139. The number of benzene rings is 1. The van der Waals surface area contributed by atoms with E-state index in [0.717, 1.165) is 12.1 Å². The molecule has 3 fully saturated rings. The normalized spacial score (nSPS) is 33.4. The number of rotatable bonds is 4. The second kappa shape index (κ2) is 7.02. The maximum atomic E-state index is 13.4. The van der Waals surface area contributed by atoms with E-state index in [2.05, 4.69) is 0 Å². The summed E-state index contributed by atoms with van der Waals surface area (Å²) in [5.41, 5.74) is -4.92. The zero-order valence-electron chi connectivity index (χ0n) is 17.1. The molecule has 0 spiro atoms. The summed E-state index contributed by atoms with van der Waals surface area (Å²) in [6.45, 7) is 2.58. The molecule has 1 aromatic carbocycles.